The second-order valence-electron chi connectivity index (χ2n) is 5.89. The molecule has 2 aromatic heterocycles. The van der Waals surface area contributed by atoms with E-state index in [-0.39, 0.29) is 27.7 Å². The number of hydrogen-bond donors (Lipinski definition) is 2. The number of nitriles is 1. The van der Waals surface area contributed by atoms with Crippen molar-refractivity contribution >= 4 is 33.2 Å². The molecule has 28 heavy (non-hydrogen) atoms. The van der Waals surface area contributed by atoms with Crippen LogP contribution in [0.15, 0.2) is 48.7 Å². The number of amides is 1. The highest BCUT2D eigenvalue weighted by molar-refractivity contribution is 7.92. The zero-order valence-corrected chi connectivity index (χ0v) is 16.1. The lowest BCUT2D eigenvalue weighted by Gasteiger charge is -2.13. The Kier molecular flexibility index (Phi) is 5.09. The monoisotopic (exact) mass is 415 g/mol. The van der Waals surface area contributed by atoms with Crippen LogP contribution >= 0.6 is 11.6 Å². The van der Waals surface area contributed by atoms with Gasteiger partial charge >= 0.3 is 0 Å². The summed E-state index contributed by atoms with van der Waals surface area (Å²) in [7, 11) is -3.55. The van der Waals surface area contributed by atoms with Crippen LogP contribution in [0, 0.1) is 11.3 Å². The zero-order chi connectivity index (χ0) is 20.5. The first-order valence-corrected chi connectivity index (χ1v) is 10.1. The van der Waals surface area contributed by atoms with Crippen molar-refractivity contribution in [2.45, 2.75) is 0 Å². The van der Waals surface area contributed by atoms with Gasteiger partial charge in [0.25, 0.3) is 5.91 Å². The number of carbonyl (C=O) groups excluding carboxylic acids is 1. The Balaban J connectivity index is 2.34. The van der Waals surface area contributed by atoms with Gasteiger partial charge in [0.2, 0.25) is 10.0 Å². The fourth-order valence-electron chi connectivity index (χ4n) is 2.79. The number of sulfonamides is 1. The maximum atomic E-state index is 12.0. The van der Waals surface area contributed by atoms with Crippen LogP contribution in [0.4, 0.5) is 5.69 Å². The van der Waals surface area contributed by atoms with Gasteiger partial charge in [-0.2, -0.15) is 5.26 Å². The lowest BCUT2D eigenvalue weighted by molar-refractivity contribution is 0.100. The molecular formula is C18H14ClN5O3S. The van der Waals surface area contributed by atoms with Crippen molar-refractivity contribution in [1.82, 2.24) is 9.55 Å². The molecule has 3 N–H and O–H groups in total. The van der Waals surface area contributed by atoms with Gasteiger partial charge in [-0.1, -0.05) is 17.7 Å². The van der Waals surface area contributed by atoms with Gasteiger partial charge < -0.3 is 5.73 Å². The van der Waals surface area contributed by atoms with E-state index in [1.165, 1.54) is 28.8 Å². The van der Waals surface area contributed by atoms with Gasteiger partial charge in [0.1, 0.15) is 17.6 Å². The predicted octanol–water partition coefficient (Wildman–Crippen LogP) is 2.53. The number of benzene rings is 1. The SMILES string of the molecule is CS(=O)(=O)Nc1cc(Cl)cc(-c2c(C(N)=O)cc(C#N)n2-c2ccccn2)c1. The van der Waals surface area contributed by atoms with E-state index in [2.05, 4.69) is 9.71 Å². The standard InChI is InChI=1S/C18H14ClN5O3S/c1-28(26,27)23-13-7-11(6-12(19)8-13)17-15(18(21)25)9-14(10-20)24(17)16-4-2-3-5-22-16/h2-9,23H,1H3,(H2,21,25). The third-order valence-corrected chi connectivity index (χ3v) is 4.56. The summed E-state index contributed by atoms with van der Waals surface area (Å²) in [6, 6.07) is 12.9. The maximum Gasteiger partial charge on any atom is 0.250 e. The smallest absolute Gasteiger partial charge is 0.250 e. The molecule has 3 aromatic rings. The molecule has 0 atom stereocenters. The topological polar surface area (TPSA) is 131 Å². The first-order chi connectivity index (χ1) is 13.2. The van der Waals surface area contributed by atoms with E-state index in [1.807, 2.05) is 6.07 Å². The lowest BCUT2D eigenvalue weighted by Crippen LogP contribution is -2.13. The molecule has 0 aliphatic carbocycles. The van der Waals surface area contributed by atoms with Crippen LogP contribution in [-0.4, -0.2) is 30.1 Å². The number of primary amides is 1. The molecular weight excluding hydrogens is 402 g/mol. The normalized spacial score (nSPS) is 11.0. The van der Waals surface area contributed by atoms with Crippen molar-refractivity contribution in [2.75, 3.05) is 11.0 Å². The third-order valence-electron chi connectivity index (χ3n) is 3.73. The van der Waals surface area contributed by atoms with Crippen molar-refractivity contribution in [3.8, 4) is 23.1 Å². The highest BCUT2D eigenvalue weighted by Crippen LogP contribution is 2.34. The summed E-state index contributed by atoms with van der Waals surface area (Å²) >= 11 is 6.16. The Bertz CT molecular complexity index is 1210. The summed E-state index contributed by atoms with van der Waals surface area (Å²) in [6.07, 6.45) is 2.55. The molecule has 142 valence electrons. The van der Waals surface area contributed by atoms with Gasteiger partial charge in [-0.3, -0.25) is 14.1 Å². The quantitative estimate of drug-likeness (QED) is 0.661. The molecule has 0 fully saturated rings. The molecule has 1 aromatic carbocycles. The Morgan fingerprint density at radius 3 is 2.61 bits per heavy atom. The summed E-state index contributed by atoms with van der Waals surface area (Å²) in [5.74, 6) is -0.363. The van der Waals surface area contributed by atoms with Crippen molar-refractivity contribution in [3.05, 3.63) is 64.9 Å². The molecule has 8 nitrogen and oxygen atoms in total. The minimum atomic E-state index is -3.55. The number of hydrogen-bond acceptors (Lipinski definition) is 5. The van der Waals surface area contributed by atoms with Gasteiger partial charge in [-0.25, -0.2) is 13.4 Å². The van der Waals surface area contributed by atoms with Crippen LogP contribution in [-0.2, 0) is 10.0 Å². The molecule has 3 rings (SSSR count). The molecule has 2 heterocycles. The van der Waals surface area contributed by atoms with Gasteiger partial charge in [0.05, 0.1) is 23.2 Å². The largest absolute Gasteiger partial charge is 0.366 e. The summed E-state index contributed by atoms with van der Waals surface area (Å²) in [4.78, 5) is 16.3. The molecule has 0 unspecified atom stereocenters. The number of halogens is 1. The van der Waals surface area contributed by atoms with Crippen LogP contribution in [0.25, 0.3) is 17.1 Å². The Morgan fingerprint density at radius 2 is 2.04 bits per heavy atom. The Morgan fingerprint density at radius 1 is 1.29 bits per heavy atom. The minimum Gasteiger partial charge on any atom is -0.366 e. The lowest BCUT2D eigenvalue weighted by atomic mass is 10.1. The van der Waals surface area contributed by atoms with Crippen molar-refractivity contribution in [2.24, 2.45) is 5.73 Å². The van der Waals surface area contributed by atoms with E-state index >= 15 is 0 Å². The molecule has 0 saturated heterocycles. The highest BCUT2D eigenvalue weighted by Gasteiger charge is 2.22. The Hall–Kier alpha value is -3.35. The number of pyridine rings is 1. The molecule has 0 spiro atoms. The number of rotatable bonds is 5. The van der Waals surface area contributed by atoms with E-state index < -0.39 is 15.9 Å². The van der Waals surface area contributed by atoms with Crippen LogP contribution in [0.3, 0.4) is 0 Å². The average molecular weight is 416 g/mol. The zero-order valence-electron chi connectivity index (χ0n) is 14.5. The van der Waals surface area contributed by atoms with Gasteiger partial charge in [0, 0.05) is 16.8 Å². The predicted molar refractivity (Wildman–Crippen MR) is 106 cm³/mol. The van der Waals surface area contributed by atoms with Crippen LogP contribution in [0.1, 0.15) is 16.1 Å². The number of nitrogens with zero attached hydrogens (tertiary/aromatic N) is 3. The minimum absolute atomic E-state index is 0.0785. The molecule has 0 aliphatic rings. The fourth-order valence-corrected chi connectivity index (χ4v) is 3.57. The number of nitrogens with one attached hydrogen (secondary N) is 1. The molecule has 1 amide bonds. The Labute approximate surface area is 166 Å². The van der Waals surface area contributed by atoms with Gasteiger partial charge in [0.15, 0.2) is 0 Å². The number of carbonyl (C=O) groups is 1. The molecule has 0 saturated carbocycles. The molecule has 0 aliphatic heterocycles. The molecule has 10 heteroatoms. The number of anilines is 1. The van der Waals surface area contributed by atoms with Crippen molar-refractivity contribution in [1.29, 1.82) is 5.26 Å². The van der Waals surface area contributed by atoms with E-state index in [4.69, 9.17) is 17.3 Å². The fraction of sp³-hybridized carbons (Fsp3) is 0.0556. The van der Waals surface area contributed by atoms with E-state index in [0.717, 1.165) is 6.26 Å². The third kappa shape index (κ3) is 3.98. The van der Waals surface area contributed by atoms with E-state index in [9.17, 15) is 18.5 Å². The summed E-state index contributed by atoms with van der Waals surface area (Å²) in [5, 5.41) is 9.77. The summed E-state index contributed by atoms with van der Waals surface area (Å²) in [6.45, 7) is 0. The van der Waals surface area contributed by atoms with Gasteiger partial charge in [-0.15, -0.1) is 0 Å². The molecule has 0 radical (unpaired) electrons. The molecule has 0 bridgehead atoms. The summed E-state index contributed by atoms with van der Waals surface area (Å²) in [5.41, 5.74) is 6.61. The van der Waals surface area contributed by atoms with E-state index in [0.29, 0.717) is 11.4 Å². The number of aromatic nitrogens is 2. The highest BCUT2D eigenvalue weighted by atomic mass is 35.5. The van der Waals surface area contributed by atoms with Crippen molar-refractivity contribution < 1.29 is 13.2 Å². The summed E-state index contributed by atoms with van der Waals surface area (Å²) < 4.78 is 27.0. The second-order valence-corrected chi connectivity index (χ2v) is 8.08. The van der Waals surface area contributed by atoms with E-state index in [1.54, 1.807) is 24.4 Å². The van der Waals surface area contributed by atoms with Gasteiger partial charge in [-0.05, 0) is 36.4 Å². The first-order valence-electron chi connectivity index (χ1n) is 7.85. The van der Waals surface area contributed by atoms with Crippen LogP contribution < -0.4 is 10.5 Å². The second kappa shape index (κ2) is 7.34. The average Bonchev–Trinajstić information content (AvgIpc) is 3.00. The maximum absolute atomic E-state index is 12.0. The number of nitrogens with two attached hydrogens (primary N) is 1. The van der Waals surface area contributed by atoms with Crippen LogP contribution in [0.5, 0.6) is 0 Å². The first kappa shape index (κ1) is 19.4. The van der Waals surface area contributed by atoms with Crippen LogP contribution in [0.2, 0.25) is 5.02 Å². The van der Waals surface area contributed by atoms with Crippen molar-refractivity contribution in [3.63, 3.8) is 0 Å².